The van der Waals surface area contributed by atoms with E-state index in [2.05, 4.69) is 33.9 Å². The molecule has 0 atom stereocenters. The standard InChI is InChI=1S/C32H40N6O2/c1-24-12-18-36(19-13-24)30-11-10-29(31(35-30)37-20-14-25(2)15-21-37)32(40)34-27-6-8-28(9-7-27)38(23-39)22-16-26-5-3-4-17-33-26/h3-11,17,23-25H,12-16,18-22H2,1-2H3,(H,34,40). The van der Waals surface area contributed by atoms with Crippen LogP contribution < -0.4 is 20.0 Å². The van der Waals surface area contributed by atoms with E-state index in [0.717, 1.165) is 74.4 Å². The van der Waals surface area contributed by atoms with Crippen molar-refractivity contribution in [2.45, 2.75) is 46.0 Å². The number of rotatable bonds is 9. The van der Waals surface area contributed by atoms with Crippen molar-refractivity contribution in [2.24, 2.45) is 11.8 Å². The first-order valence-electron chi connectivity index (χ1n) is 14.5. The van der Waals surface area contributed by atoms with Crippen LogP contribution in [0, 0.1) is 11.8 Å². The fraction of sp³-hybridized carbons (Fsp3) is 0.438. The van der Waals surface area contributed by atoms with Crippen LogP contribution in [0.4, 0.5) is 23.0 Å². The molecule has 0 unspecified atom stereocenters. The van der Waals surface area contributed by atoms with Crippen LogP contribution in [0.3, 0.4) is 0 Å². The van der Waals surface area contributed by atoms with Crippen LogP contribution in [0.15, 0.2) is 60.8 Å². The minimum atomic E-state index is -0.171. The Morgan fingerprint density at radius 1 is 0.925 bits per heavy atom. The number of pyridine rings is 2. The van der Waals surface area contributed by atoms with Gasteiger partial charge in [-0.3, -0.25) is 14.6 Å². The molecule has 2 saturated heterocycles. The number of hydrogen-bond acceptors (Lipinski definition) is 6. The third kappa shape index (κ3) is 6.79. The summed E-state index contributed by atoms with van der Waals surface area (Å²) in [6.45, 7) is 8.94. The normalized spacial score (nSPS) is 16.6. The Balaban J connectivity index is 1.30. The molecule has 0 bridgehead atoms. The molecule has 2 aliphatic rings. The van der Waals surface area contributed by atoms with E-state index < -0.39 is 0 Å². The topological polar surface area (TPSA) is 81.7 Å². The molecule has 5 rings (SSSR count). The predicted octanol–water partition coefficient (Wildman–Crippen LogP) is 5.41. The first-order chi connectivity index (χ1) is 19.5. The van der Waals surface area contributed by atoms with Crippen molar-refractivity contribution in [3.8, 4) is 0 Å². The molecule has 2 aromatic heterocycles. The maximum absolute atomic E-state index is 13.5. The lowest BCUT2D eigenvalue weighted by molar-refractivity contribution is -0.107. The van der Waals surface area contributed by atoms with Crippen molar-refractivity contribution in [3.05, 3.63) is 72.1 Å². The molecule has 1 aromatic carbocycles. The summed E-state index contributed by atoms with van der Waals surface area (Å²) < 4.78 is 0. The third-order valence-corrected chi connectivity index (χ3v) is 8.21. The molecule has 40 heavy (non-hydrogen) atoms. The molecule has 8 nitrogen and oxygen atoms in total. The zero-order valence-electron chi connectivity index (χ0n) is 23.6. The first kappa shape index (κ1) is 27.6. The Kier molecular flexibility index (Phi) is 8.94. The van der Waals surface area contributed by atoms with E-state index in [0.29, 0.717) is 30.1 Å². The fourth-order valence-corrected chi connectivity index (χ4v) is 5.45. The monoisotopic (exact) mass is 540 g/mol. The van der Waals surface area contributed by atoms with E-state index >= 15 is 0 Å². The van der Waals surface area contributed by atoms with Gasteiger partial charge in [-0.05, 0) is 86.1 Å². The third-order valence-electron chi connectivity index (χ3n) is 8.21. The lowest BCUT2D eigenvalue weighted by atomic mass is 9.98. The Morgan fingerprint density at radius 2 is 1.60 bits per heavy atom. The summed E-state index contributed by atoms with van der Waals surface area (Å²) in [5.74, 6) is 3.00. The molecule has 2 amide bonds. The zero-order valence-corrected chi connectivity index (χ0v) is 23.6. The lowest BCUT2D eigenvalue weighted by Crippen LogP contribution is -2.37. The highest BCUT2D eigenvalue weighted by Crippen LogP contribution is 2.30. The second kappa shape index (κ2) is 12.9. The number of piperidine rings is 2. The van der Waals surface area contributed by atoms with Crippen LogP contribution in [0.5, 0.6) is 0 Å². The number of nitrogens with one attached hydrogen (secondary N) is 1. The van der Waals surface area contributed by atoms with Gasteiger partial charge in [-0.1, -0.05) is 19.9 Å². The summed E-state index contributed by atoms with van der Waals surface area (Å²) >= 11 is 0. The maximum Gasteiger partial charge on any atom is 0.259 e. The Morgan fingerprint density at radius 3 is 2.23 bits per heavy atom. The molecule has 4 heterocycles. The smallest absolute Gasteiger partial charge is 0.259 e. The molecular formula is C32H40N6O2. The summed E-state index contributed by atoms with van der Waals surface area (Å²) in [6.07, 6.45) is 7.79. The number of hydrogen-bond donors (Lipinski definition) is 1. The van der Waals surface area contributed by atoms with Crippen LogP contribution >= 0.6 is 0 Å². The molecule has 1 N–H and O–H groups in total. The predicted molar refractivity (Wildman–Crippen MR) is 161 cm³/mol. The summed E-state index contributed by atoms with van der Waals surface area (Å²) in [4.78, 5) is 41.0. The highest BCUT2D eigenvalue weighted by molar-refractivity contribution is 6.08. The van der Waals surface area contributed by atoms with E-state index in [1.54, 1.807) is 11.1 Å². The zero-order chi connectivity index (χ0) is 27.9. The molecule has 0 spiro atoms. The summed E-state index contributed by atoms with van der Waals surface area (Å²) in [7, 11) is 0. The molecule has 210 valence electrons. The van der Waals surface area contributed by atoms with E-state index in [4.69, 9.17) is 4.98 Å². The van der Waals surface area contributed by atoms with E-state index in [9.17, 15) is 9.59 Å². The van der Waals surface area contributed by atoms with Crippen LogP contribution in [-0.2, 0) is 11.2 Å². The van der Waals surface area contributed by atoms with Gasteiger partial charge in [0.15, 0.2) is 0 Å². The Labute approximate surface area is 237 Å². The summed E-state index contributed by atoms with van der Waals surface area (Å²) in [5, 5.41) is 3.06. The molecule has 2 fully saturated rings. The van der Waals surface area contributed by atoms with E-state index in [1.807, 2.05) is 54.6 Å². The average molecular weight is 541 g/mol. The summed E-state index contributed by atoms with van der Waals surface area (Å²) in [5.41, 5.74) is 2.98. The molecule has 3 aromatic rings. The van der Waals surface area contributed by atoms with Crippen molar-refractivity contribution in [2.75, 3.05) is 52.7 Å². The number of anilines is 4. The SMILES string of the molecule is CC1CCN(c2ccc(C(=O)Nc3ccc(N(C=O)CCc4ccccn4)cc3)c(N3CCC(C)CC3)n2)CC1. The second-order valence-corrected chi connectivity index (χ2v) is 11.3. The van der Waals surface area contributed by atoms with Gasteiger partial charge in [0.05, 0.1) is 5.56 Å². The maximum atomic E-state index is 13.5. The molecule has 0 saturated carbocycles. The van der Waals surface area contributed by atoms with Gasteiger partial charge in [0, 0.05) is 62.4 Å². The van der Waals surface area contributed by atoms with Gasteiger partial charge in [-0.2, -0.15) is 0 Å². The van der Waals surface area contributed by atoms with Gasteiger partial charge in [-0.25, -0.2) is 4.98 Å². The largest absolute Gasteiger partial charge is 0.357 e. The number of benzene rings is 1. The molecule has 2 aliphatic heterocycles. The van der Waals surface area contributed by atoms with Crippen LogP contribution in [0.25, 0.3) is 0 Å². The van der Waals surface area contributed by atoms with Gasteiger partial charge < -0.3 is 20.0 Å². The first-order valence-corrected chi connectivity index (χ1v) is 14.5. The fourth-order valence-electron chi connectivity index (χ4n) is 5.45. The molecule has 8 heteroatoms. The number of amides is 2. The van der Waals surface area contributed by atoms with Gasteiger partial charge in [0.2, 0.25) is 6.41 Å². The van der Waals surface area contributed by atoms with Crippen molar-refractivity contribution < 1.29 is 9.59 Å². The second-order valence-electron chi connectivity index (χ2n) is 11.3. The van der Waals surface area contributed by atoms with Gasteiger partial charge in [0.1, 0.15) is 11.6 Å². The average Bonchev–Trinajstić information content (AvgIpc) is 2.99. The molecular weight excluding hydrogens is 500 g/mol. The number of nitrogens with zero attached hydrogens (tertiary/aromatic N) is 5. The van der Waals surface area contributed by atoms with Crippen LogP contribution in [0.1, 0.15) is 55.6 Å². The van der Waals surface area contributed by atoms with Crippen molar-refractivity contribution in [3.63, 3.8) is 0 Å². The van der Waals surface area contributed by atoms with Crippen molar-refractivity contribution in [1.82, 2.24) is 9.97 Å². The highest BCUT2D eigenvalue weighted by atomic mass is 16.1. The number of aromatic nitrogens is 2. The number of carbonyl (C=O) groups excluding carboxylic acids is 2. The molecule has 0 aliphatic carbocycles. The minimum absolute atomic E-state index is 0.171. The number of carbonyl (C=O) groups is 2. The minimum Gasteiger partial charge on any atom is -0.357 e. The highest BCUT2D eigenvalue weighted by Gasteiger charge is 2.25. The van der Waals surface area contributed by atoms with Crippen molar-refractivity contribution in [1.29, 1.82) is 0 Å². The van der Waals surface area contributed by atoms with Crippen LogP contribution in [0.2, 0.25) is 0 Å². The van der Waals surface area contributed by atoms with Gasteiger partial charge in [-0.15, -0.1) is 0 Å². The Hall–Kier alpha value is -3.94. The molecule has 0 radical (unpaired) electrons. The van der Waals surface area contributed by atoms with Crippen LogP contribution in [-0.4, -0.2) is 55.0 Å². The van der Waals surface area contributed by atoms with Gasteiger partial charge >= 0.3 is 0 Å². The Bertz CT molecular complexity index is 1270. The lowest BCUT2D eigenvalue weighted by Gasteiger charge is -2.35. The quantitative estimate of drug-likeness (QED) is 0.366. The van der Waals surface area contributed by atoms with Crippen molar-refractivity contribution >= 4 is 35.3 Å². The van der Waals surface area contributed by atoms with E-state index in [-0.39, 0.29) is 5.91 Å². The summed E-state index contributed by atoms with van der Waals surface area (Å²) in [6, 6.07) is 17.1. The van der Waals surface area contributed by atoms with E-state index in [1.165, 1.54) is 12.8 Å². The van der Waals surface area contributed by atoms with Gasteiger partial charge in [0.25, 0.3) is 5.91 Å².